The Bertz CT molecular complexity index is 510. The lowest BCUT2D eigenvalue weighted by molar-refractivity contribution is -0.128. The van der Waals surface area contributed by atoms with Crippen LogP contribution in [0.3, 0.4) is 0 Å². The van der Waals surface area contributed by atoms with E-state index < -0.39 is 0 Å². The predicted octanol–water partition coefficient (Wildman–Crippen LogP) is 1.98. The van der Waals surface area contributed by atoms with Gasteiger partial charge in [0.15, 0.2) is 11.5 Å². The Labute approximate surface area is 113 Å². The zero-order chi connectivity index (χ0) is 13.6. The minimum Gasteiger partial charge on any atom is -0.453 e. The summed E-state index contributed by atoms with van der Waals surface area (Å²) < 4.78 is 11.2. The van der Waals surface area contributed by atoms with Gasteiger partial charge in [-0.15, -0.1) is 0 Å². The molecule has 19 heavy (non-hydrogen) atoms. The molecule has 0 aliphatic carbocycles. The minimum absolute atomic E-state index is 0.156. The van der Waals surface area contributed by atoms with Gasteiger partial charge in [-0.25, -0.2) is 0 Å². The van der Waals surface area contributed by atoms with Crippen LogP contribution in [0, 0.1) is 13.8 Å². The van der Waals surface area contributed by atoms with Gasteiger partial charge < -0.3 is 14.4 Å². The first-order valence-corrected chi connectivity index (χ1v) is 6.75. The minimum atomic E-state index is 0.156. The van der Waals surface area contributed by atoms with Crippen LogP contribution in [0.1, 0.15) is 29.2 Å². The molecule has 1 aromatic rings. The van der Waals surface area contributed by atoms with Crippen molar-refractivity contribution < 1.29 is 14.3 Å². The SMILES string of the molecule is CC(=O)N1CCc2c(C)c3c(c(C)c2CC1)OCO3. The molecular weight excluding hydrogens is 242 g/mol. The molecule has 0 saturated carbocycles. The highest BCUT2D eigenvalue weighted by Gasteiger charge is 2.27. The molecule has 0 aromatic heterocycles. The van der Waals surface area contributed by atoms with Crippen LogP contribution >= 0.6 is 0 Å². The zero-order valence-electron chi connectivity index (χ0n) is 11.7. The van der Waals surface area contributed by atoms with Crippen molar-refractivity contribution in [2.24, 2.45) is 0 Å². The quantitative estimate of drug-likeness (QED) is 0.717. The number of nitrogens with zero attached hydrogens (tertiary/aromatic N) is 1. The van der Waals surface area contributed by atoms with E-state index in [0.29, 0.717) is 6.79 Å². The lowest BCUT2D eigenvalue weighted by atomic mass is 9.92. The summed E-state index contributed by atoms with van der Waals surface area (Å²) in [4.78, 5) is 13.5. The highest BCUT2D eigenvalue weighted by atomic mass is 16.7. The van der Waals surface area contributed by atoms with Gasteiger partial charge in [0, 0.05) is 20.0 Å². The molecule has 0 spiro atoms. The second-order valence-electron chi connectivity index (χ2n) is 5.28. The molecule has 1 aromatic carbocycles. The molecule has 2 aliphatic heterocycles. The van der Waals surface area contributed by atoms with E-state index in [-0.39, 0.29) is 5.91 Å². The lowest BCUT2D eigenvalue weighted by Crippen LogP contribution is -2.31. The van der Waals surface area contributed by atoms with E-state index in [0.717, 1.165) is 37.4 Å². The van der Waals surface area contributed by atoms with E-state index in [2.05, 4.69) is 13.8 Å². The topological polar surface area (TPSA) is 38.8 Å². The summed E-state index contributed by atoms with van der Waals surface area (Å²) in [7, 11) is 0. The van der Waals surface area contributed by atoms with Crippen LogP contribution in [-0.2, 0) is 17.6 Å². The highest BCUT2D eigenvalue weighted by Crippen LogP contribution is 2.43. The number of rotatable bonds is 0. The third-order valence-corrected chi connectivity index (χ3v) is 4.27. The number of benzene rings is 1. The van der Waals surface area contributed by atoms with E-state index in [4.69, 9.17) is 9.47 Å². The van der Waals surface area contributed by atoms with E-state index in [1.807, 2.05) is 4.90 Å². The highest BCUT2D eigenvalue weighted by molar-refractivity contribution is 5.73. The third-order valence-electron chi connectivity index (χ3n) is 4.27. The molecule has 0 atom stereocenters. The maximum atomic E-state index is 11.6. The average molecular weight is 261 g/mol. The number of hydrogen-bond acceptors (Lipinski definition) is 3. The van der Waals surface area contributed by atoms with Gasteiger partial charge in [-0.2, -0.15) is 0 Å². The number of fused-ring (bicyclic) bond motifs is 2. The Kier molecular flexibility index (Phi) is 2.88. The Morgan fingerprint density at radius 2 is 1.47 bits per heavy atom. The van der Waals surface area contributed by atoms with Crippen molar-refractivity contribution >= 4 is 5.91 Å². The number of ether oxygens (including phenoxy) is 2. The Morgan fingerprint density at radius 1 is 1.00 bits per heavy atom. The van der Waals surface area contributed by atoms with Gasteiger partial charge in [0.05, 0.1) is 0 Å². The van der Waals surface area contributed by atoms with E-state index in [1.54, 1.807) is 6.92 Å². The number of hydrogen-bond donors (Lipinski definition) is 0. The van der Waals surface area contributed by atoms with Crippen LogP contribution in [0.15, 0.2) is 0 Å². The molecule has 0 N–H and O–H groups in total. The standard InChI is InChI=1S/C15H19NO3/c1-9-12-4-6-16(11(3)17)7-5-13(12)10(2)15-14(9)18-8-19-15/h4-8H2,1-3H3. The van der Waals surface area contributed by atoms with E-state index >= 15 is 0 Å². The first-order chi connectivity index (χ1) is 9.09. The molecule has 3 rings (SSSR count). The van der Waals surface area contributed by atoms with Gasteiger partial charge in [0.2, 0.25) is 12.7 Å². The third kappa shape index (κ3) is 1.86. The Balaban J connectivity index is 2.06. The van der Waals surface area contributed by atoms with Gasteiger partial charge in [0.1, 0.15) is 0 Å². The first-order valence-electron chi connectivity index (χ1n) is 6.75. The summed E-state index contributed by atoms with van der Waals surface area (Å²) in [6.07, 6.45) is 1.80. The molecule has 0 saturated heterocycles. The van der Waals surface area contributed by atoms with Crippen LogP contribution in [0.25, 0.3) is 0 Å². The van der Waals surface area contributed by atoms with Crippen LogP contribution in [0.5, 0.6) is 11.5 Å². The van der Waals surface area contributed by atoms with Crippen molar-refractivity contribution in [3.05, 3.63) is 22.3 Å². The van der Waals surface area contributed by atoms with Crippen LogP contribution in [0.4, 0.5) is 0 Å². The summed E-state index contributed by atoms with van der Waals surface area (Å²) >= 11 is 0. The van der Waals surface area contributed by atoms with Crippen molar-refractivity contribution in [1.29, 1.82) is 0 Å². The van der Waals surface area contributed by atoms with Crippen molar-refractivity contribution in [3.63, 3.8) is 0 Å². The molecule has 0 radical (unpaired) electrons. The molecule has 2 aliphatic rings. The summed E-state index contributed by atoms with van der Waals surface area (Å²) in [5, 5.41) is 0. The second kappa shape index (κ2) is 4.44. The smallest absolute Gasteiger partial charge is 0.231 e. The number of carbonyl (C=O) groups excluding carboxylic acids is 1. The van der Waals surface area contributed by atoms with Crippen LogP contribution < -0.4 is 9.47 Å². The van der Waals surface area contributed by atoms with E-state index in [9.17, 15) is 4.79 Å². The molecule has 102 valence electrons. The molecule has 0 fully saturated rings. The molecule has 0 bridgehead atoms. The maximum absolute atomic E-state index is 11.6. The monoisotopic (exact) mass is 261 g/mol. The lowest BCUT2D eigenvalue weighted by Gasteiger charge is -2.17. The van der Waals surface area contributed by atoms with Crippen molar-refractivity contribution in [1.82, 2.24) is 4.90 Å². The summed E-state index contributed by atoms with van der Waals surface area (Å²) in [6.45, 7) is 7.73. The second-order valence-corrected chi connectivity index (χ2v) is 5.28. The molecule has 1 amide bonds. The zero-order valence-corrected chi connectivity index (χ0v) is 11.7. The van der Waals surface area contributed by atoms with Crippen molar-refractivity contribution in [3.8, 4) is 11.5 Å². The summed E-state index contributed by atoms with van der Waals surface area (Å²) in [6, 6.07) is 0. The van der Waals surface area contributed by atoms with E-state index in [1.165, 1.54) is 22.3 Å². The van der Waals surface area contributed by atoms with Gasteiger partial charge in [-0.3, -0.25) is 4.79 Å². The fourth-order valence-corrected chi connectivity index (χ4v) is 3.16. The largest absolute Gasteiger partial charge is 0.453 e. The van der Waals surface area contributed by atoms with Gasteiger partial charge in [-0.05, 0) is 48.9 Å². The van der Waals surface area contributed by atoms with Gasteiger partial charge >= 0.3 is 0 Å². The maximum Gasteiger partial charge on any atom is 0.231 e. The molecule has 0 unspecified atom stereocenters. The first kappa shape index (κ1) is 12.3. The van der Waals surface area contributed by atoms with Crippen molar-refractivity contribution in [2.45, 2.75) is 33.6 Å². The molecule has 4 nitrogen and oxygen atoms in total. The number of carbonyl (C=O) groups is 1. The van der Waals surface area contributed by atoms with Crippen molar-refractivity contribution in [2.75, 3.05) is 19.9 Å². The van der Waals surface area contributed by atoms with Crippen LogP contribution in [-0.4, -0.2) is 30.7 Å². The molecule has 2 heterocycles. The van der Waals surface area contributed by atoms with Gasteiger partial charge in [0.25, 0.3) is 0 Å². The molecule has 4 heteroatoms. The fraction of sp³-hybridized carbons (Fsp3) is 0.533. The van der Waals surface area contributed by atoms with Gasteiger partial charge in [-0.1, -0.05) is 0 Å². The summed E-state index contributed by atoms with van der Waals surface area (Å²) in [5.41, 5.74) is 5.04. The average Bonchev–Trinajstić information content (AvgIpc) is 2.75. The number of amides is 1. The Hall–Kier alpha value is -1.71. The molecular formula is C15H19NO3. The fourth-order valence-electron chi connectivity index (χ4n) is 3.16. The predicted molar refractivity (Wildman–Crippen MR) is 71.7 cm³/mol. The summed E-state index contributed by atoms with van der Waals surface area (Å²) in [5.74, 6) is 1.95. The normalized spacial score (nSPS) is 17.1. The Morgan fingerprint density at radius 3 is 1.89 bits per heavy atom. The van der Waals surface area contributed by atoms with Crippen LogP contribution in [0.2, 0.25) is 0 Å².